The number of hydrogen-bond donors (Lipinski definition) is 2. The summed E-state index contributed by atoms with van der Waals surface area (Å²) in [7, 11) is -1.02. The fraction of sp³-hybridized carbons (Fsp3) is 0.391. The first-order valence-electron chi connectivity index (χ1n) is 10.8. The number of hydrogen-bond acceptors (Lipinski definition) is 5. The van der Waals surface area contributed by atoms with Gasteiger partial charge in [-0.25, -0.2) is 12.7 Å². The van der Waals surface area contributed by atoms with Crippen molar-refractivity contribution >= 4 is 21.8 Å². The number of aliphatic hydroxyl groups excluding tert-OH is 1. The van der Waals surface area contributed by atoms with E-state index in [9.17, 15) is 36.3 Å². The van der Waals surface area contributed by atoms with Gasteiger partial charge in [0.05, 0.1) is 23.1 Å². The van der Waals surface area contributed by atoms with E-state index in [1.165, 1.54) is 55.4 Å². The number of nitrogens with zero attached hydrogens (tertiary/aromatic N) is 2. The van der Waals surface area contributed by atoms with Gasteiger partial charge < -0.3 is 15.3 Å². The van der Waals surface area contributed by atoms with E-state index in [1.54, 1.807) is 0 Å². The van der Waals surface area contributed by atoms with Crippen molar-refractivity contribution in [3.8, 4) is 0 Å². The molecule has 0 bridgehead atoms. The van der Waals surface area contributed by atoms with Crippen molar-refractivity contribution in [2.45, 2.75) is 36.0 Å². The number of carbonyl (C=O) groups excluding carboxylic acids is 2. The fourth-order valence-electron chi connectivity index (χ4n) is 3.86. The first-order chi connectivity index (χ1) is 16.4. The van der Waals surface area contributed by atoms with Gasteiger partial charge in [-0.2, -0.15) is 13.2 Å². The molecule has 0 spiro atoms. The Hall–Kier alpha value is -2.96. The van der Waals surface area contributed by atoms with Crippen molar-refractivity contribution in [3.63, 3.8) is 0 Å². The van der Waals surface area contributed by atoms with Gasteiger partial charge in [-0.3, -0.25) is 9.59 Å². The molecule has 3 rings (SSSR count). The Morgan fingerprint density at radius 2 is 1.83 bits per heavy atom. The average Bonchev–Trinajstić information content (AvgIpc) is 3.31. The third-order valence-corrected chi connectivity index (χ3v) is 7.63. The summed E-state index contributed by atoms with van der Waals surface area (Å²) in [6, 6.07) is 7.78. The number of nitrogens with one attached hydrogen (secondary N) is 1. The maximum absolute atomic E-state index is 13.1. The molecule has 1 aliphatic heterocycles. The van der Waals surface area contributed by atoms with Crippen LogP contribution in [0.1, 0.15) is 40.4 Å². The molecule has 2 atom stereocenters. The predicted molar refractivity (Wildman–Crippen MR) is 121 cm³/mol. The number of benzene rings is 2. The normalized spacial score (nSPS) is 17.5. The number of amides is 2. The quantitative estimate of drug-likeness (QED) is 0.592. The van der Waals surface area contributed by atoms with Crippen LogP contribution in [0.3, 0.4) is 0 Å². The molecule has 0 radical (unpaired) electrons. The van der Waals surface area contributed by atoms with Gasteiger partial charge in [-0.05, 0) is 48.7 Å². The lowest BCUT2D eigenvalue weighted by molar-refractivity contribution is -0.137. The zero-order valence-electron chi connectivity index (χ0n) is 19.1. The molecule has 2 N–H and O–H groups in total. The molecular formula is C23H26F3N3O5S. The minimum atomic E-state index is -4.51. The summed E-state index contributed by atoms with van der Waals surface area (Å²) in [6.07, 6.45) is -3.63. The summed E-state index contributed by atoms with van der Waals surface area (Å²) in [4.78, 5) is 27.4. The van der Waals surface area contributed by atoms with Crippen molar-refractivity contribution in [2.75, 3.05) is 27.2 Å². The summed E-state index contributed by atoms with van der Waals surface area (Å²) in [5.41, 5.74) is -0.462. The third kappa shape index (κ3) is 5.82. The summed E-state index contributed by atoms with van der Waals surface area (Å²) in [6.45, 7) is -0.284. The van der Waals surface area contributed by atoms with Crippen molar-refractivity contribution in [2.24, 2.45) is 0 Å². The van der Waals surface area contributed by atoms with E-state index in [-0.39, 0.29) is 22.6 Å². The van der Waals surface area contributed by atoms with Gasteiger partial charge in [0.25, 0.3) is 5.91 Å². The van der Waals surface area contributed by atoms with Gasteiger partial charge in [-0.1, -0.05) is 18.2 Å². The van der Waals surface area contributed by atoms with Crippen molar-refractivity contribution in [3.05, 3.63) is 65.2 Å². The number of aliphatic hydroxyl groups is 1. The van der Waals surface area contributed by atoms with Crippen LogP contribution >= 0.6 is 0 Å². The van der Waals surface area contributed by atoms with Crippen LogP contribution in [0, 0.1) is 0 Å². The molecule has 1 aliphatic rings. The molecule has 0 unspecified atom stereocenters. The minimum Gasteiger partial charge on any atom is -0.394 e. The van der Waals surface area contributed by atoms with Crippen LogP contribution in [0.25, 0.3) is 0 Å². The lowest BCUT2D eigenvalue weighted by atomic mass is 10.0. The highest BCUT2D eigenvalue weighted by Gasteiger charge is 2.36. The monoisotopic (exact) mass is 513 g/mol. The molecule has 0 saturated carbocycles. The lowest BCUT2D eigenvalue weighted by Crippen LogP contribution is -2.47. The topological polar surface area (TPSA) is 107 Å². The Bertz CT molecular complexity index is 1180. The van der Waals surface area contributed by atoms with Gasteiger partial charge in [0.1, 0.15) is 6.04 Å². The number of sulfonamides is 1. The maximum atomic E-state index is 13.1. The van der Waals surface area contributed by atoms with Gasteiger partial charge in [0, 0.05) is 26.2 Å². The second-order valence-electron chi connectivity index (χ2n) is 8.34. The predicted octanol–water partition coefficient (Wildman–Crippen LogP) is 2.41. The largest absolute Gasteiger partial charge is 0.416 e. The second-order valence-corrected chi connectivity index (χ2v) is 10.5. The molecule has 1 saturated heterocycles. The molecule has 2 aromatic carbocycles. The standard InChI is InChI=1S/C23H26F3N3O5S/c1-28(2)35(33,34)18-6-3-5-16(13-18)22(32)29-12-4-7-20(29)21(31)27-19(14-30)15-8-10-17(11-9-15)23(24,25)26/h3,5-6,8-11,13,19-20,30H,4,7,12,14H2,1-2H3,(H,27,31)/t19-,20-/m1/s1. The number of carbonyl (C=O) groups is 2. The Kier molecular flexibility index (Phi) is 7.87. The van der Waals surface area contributed by atoms with Crippen molar-refractivity contribution < 1.29 is 36.3 Å². The number of alkyl halides is 3. The van der Waals surface area contributed by atoms with Gasteiger partial charge in [-0.15, -0.1) is 0 Å². The molecule has 35 heavy (non-hydrogen) atoms. The third-order valence-electron chi connectivity index (χ3n) is 5.82. The maximum Gasteiger partial charge on any atom is 0.416 e. The van der Waals surface area contributed by atoms with Gasteiger partial charge in [0.2, 0.25) is 15.9 Å². The Morgan fingerprint density at radius 3 is 2.40 bits per heavy atom. The molecule has 190 valence electrons. The summed E-state index contributed by atoms with van der Waals surface area (Å²) in [5.74, 6) is -1.08. The molecule has 2 amide bonds. The lowest BCUT2D eigenvalue weighted by Gasteiger charge is -2.26. The van der Waals surface area contributed by atoms with Crippen LogP contribution in [0.2, 0.25) is 0 Å². The molecule has 0 aliphatic carbocycles. The van der Waals surface area contributed by atoms with Gasteiger partial charge in [0.15, 0.2) is 0 Å². The first kappa shape index (κ1) is 26.6. The van der Waals surface area contributed by atoms with Crippen LogP contribution in [0.4, 0.5) is 13.2 Å². The van der Waals surface area contributed by atoms with E-state index >= 15 is 0 Å². The van der Waals surface area contributed by atoms with Crippen molar-refractivity contribution in [1.29, 1.82) is 0 Å². The van der Waals surface area contributed by atoms with Crippen LogP contribution in [-0.4, -0.2) is 67.8 Å². The minimum absolute atomic E-state index is 0.0591. The molecule has 12 heteroatoms. The Labute approximate surface area is 201 Å². The van der Waals surface area contributed by atoms with Crippen LogP contribution in [0.15, 0.2) is 53.4 Å². The number of likely N-dealkylation sites (tertiary alicyclic amines) is 1. The van der Waals surface area contributed by atoms with Crippen LogP contribution in [-0.2, 0) is 21.0 Å². The summed E-state index contributed by atoms with van der Waals surface area (Å²) in [5, 5.41) is 12.3. The van der Waals surface area contributed by atoms with E-state index in [2.05, 4.69) is 5.32 Å². The van der Waals surface area contributed by atoms with E-state index in [0.717, 1.165) is 16.4 Å². The smallest absolute Gasteiger partial charge is 0.394 e. The van der Waals surface area contributed by atoms with Crippen LogP contribution < -0.4 is 5.32 Å². The molecule has 8 nitrogen and oxygen atoms in total. The Balaban J connectivity index is 1.77. The van der Waals surface area contributed by atoms with E-state index in [1.807, 2.05) is 0 Å². The molecule has 1 heterocycles. The highest BCUT2D eigenvalue weighted by Crippen LogP contribution is 2.30. The molecular weight excluding hydrogens is 487 g/mol. The molecule has 1 fully saturated rings. The Morgan fingerprint density at radius 1 is 1.17 bits per heavy atom. The molecule has 0 aromatic heterocycles. The highest BCUT2D eigenvalue weighted by atomic mass is 32.2. The number of rotatable bonds is 7. The van der Waals surface area contributed by atoms with Crippen LogP contribution in [0.5, 0.6) is 0 Å². The highest BCUT2D eigenvalue weighted by molar-refractivity contribution is 7.89. The summed E-state index contributed by atoms with van der Waals surface area (Å²) >= 11 is 0. The molecule has 2 aromatic rings. The zero-order chi connectivity index (χ0) is 26.0. The SMILES string of the molecule is CN(C)S(=O)(=O)c1cccc(C(=O)N2CCC[C@@H]2C(=O)N[C@H](CO)c2ccc(C(F)(F)F)cc2)c1. The van der Waals surface area contributed by atoms with Gasteiger partial charge >= 0.3 is 6.18 Å². The summed E-state index contributed by atoms with van der Waals surface area (Å²) < 4.78 is 64.3. The van der Waals surface area contributed by atoms with E-state index < -0.39 is 52.3 Å². The second kappa shape index (κ2) is 10.3. The van der Waals surface area contributed by atoms with Crippen molar-refractivity contribution in [1.82, 2.24) is 14.5 Å². The average molecular weight is 514 g/mol. The van der Waals surface area contributed by atoms with E-state index in [4.69, 9.17) is 0 Å². The van der Waals surface area contributed by atoms with E-state index in [0.29, 0.717) is 12.8 Å². The number of halogens is 3. The first-order valence-corrected chi connectivity index (χ1v) is 12.2. The zero-order valence-corrected chi connectivity index (χ0v) is 19.9. The fourth-order valence-corrected chi connectivity index (χ4v) is 4.80.